The second-order valence-electron chi connectivity index (χ2n) is 3.40. The maximum Gasteiger partial charge on any atom is 0.339 e. The van der Waals surface area contributed by atoms with Crippen LogP contribution in [0.25, 0.3) is 0 Å². The smallest absolute Gasteiger partial charge is 0.339 e. The number of ether oxygens (including phenoxy) is 1. The van der Waals surface area contributed by atoms with Crippen molar-refractivity contribution in [3.05, 3.63) is 46.9 Å². The lowest BCUT2D eigenvalue weighted by atomic mass is 10.2. The van der Waals surface area contributed by atoms with E-state index in [4.69, 9.17) is 26.7 Å². The highest BCUT2D eigenvalue weighted by Gasteiger charge is 2.13. The highest BCUT2D eigenvalue weighted by molar-refractivity contribution is 6.31. The summed E-state index contributed by atoms with van der Waals surface area (Å²) in [6.07, 6.45) is 2.46. The molecule has 1 aromatic heterocycles. The molecule has 1 heterocycles. The molecule has 0 aliphatic carbocycles. The second kappa shape index (κ2) is 5.33. The van der Waals surface area contributed by atoms with Crippen LogP contribution in [0.2, 0.25) is 5.02 Å². The molecule has 1 aromatic carbocycles. The molecular formula is C12H6ClN3O3. The van der Waals surface area contributed by atoms with E-state index < -0.39 is 5.97 Å². The molecule has 0 amide bonds. The van der Waals surface area contributed by atoms with E-state index in [0.717, 1.165) is 0 Å². The third-order valence-electron chi connectivity index (χ3n) is 2.13. The number of hydrogen-bond donors (Lipinski definition) is 1. The van der Waals surface area contributed by atoms with E-state index in [2.05, 4.69) is 9.97 Å². The first-order chi connectivity index (χ1) is 9.10. The third kappa shape index (κ3) is 2.97. The van der Waals surface area contributed by atoms with Gasteiger partial charge in [0.2, 0.25) is 5.88 Å². The van der Waals surface area contributed by atoms with E-state index in [1.54, 1.807) is 0 Å². The molecular weight excluding hydrogens is 270 g/mol. The first-order valence-corrected chi connectivity index (χ1v) is 5.41. The second-order valence-corrected chi connectivity index (χ2v) is 3.84. The fourth-order valence-corrected chi connectivity index (χ4v) is 1.47. The van der Waals surface area contributed by atoms with Crippen molar-refractivity contribution in [2.24, 2.45) is 0 Å². The van der Waals surface area contributed by atoms with Crippen LogP contribution in [-0.4, -0.2) is 21.0 Å². The van der Waals surface area contributed by atoms with E-state index in [1.807, 2.05) is 6.07 Å². The van der Waals surface area contributed by atoms with E-state index in [9.17, 15) is 4.79 Å². The Morgan fingerprint density at radius 3 is 2.74 bits per heavy atom. The van der Waals surface area contributed by atoms with Gasteiger partial charge in [0.15, 0.2) is 5.69 Å². The highest BCUT2D eigenvalue weighted by atomic mass is 35.5. The van der Waals surface area contributed by atoms with Crippen LogP contribution in [0.5, 0.6) is 11.6 Å². The summed E-state index contributed by atoms with van der Waals surface area (Å²) in [5.41, 5.74) is 0.0561. The molecule has 0 saturated heterocycles. The SMILES string of the molecule is N#Cc1cnc(Oc2ccc(Cl)cc2C(=O)O)cn1. The van der Waals surface area contributed by atoms with Gasteiger partial charge in [-0.05, 0) is 18.2 Å². The monoisotopic (exact) mass is 275 g/mol. The molecule has 1 N–H and O–H groups in total. The minimum Gasteiger partial charge on any atom is -0.478 e. The number of hydrogen-bond acceptors (Lipinski definition) is 5. The molecule has 0 aliphatic rings. The van der Waals surface area contributed by atoms with Crippen molar-refractivity contribution >= 4 is 17.6 Å². The summed E-state index contributed by atoms with van der Waals surface area (Å²) < 4.78 is 5.30. The maximum atomic E-state index is 11.0. The van der Waals surface area contributed by atoms with E-state index in [-0.39, 0.29) is 27.9 Å². The average molecular weight is 276 g/mol. The van der Waals surface area contributed by atoms with Gasteiger partial charge in [-0.2, -0.15) is 5.26 Å². The molecule has 7 heteroatoms. The van der Waals surface area contributed by atoms with Crippen LogP contribution in [0, 0.1) is 11.3 Å². The predicted octanol–water partition coefficient (Wildman–Crippen LogP) is 2.49. The van der Waals surface area contributed by atoms with Gasteiger partial charge in [-0.3, -0.25) is 0 Å². The predicted molar refractivity (Wildman–Crippen MR) is 65.2 cm³/mol. The standard InChI is InChI=1S/C12H6ClN3O3/c13-7-1-2-10(9(3-7)12(17)18)19-11-6-15-8(4-14)5-16-11/h1-3,5-6H,(H,17,18). The first-order valence-electron chi connectivity index (χ1n) is 5.03. The van der Waals surface area contributed by atoms with Gasteiger partial charge in [0.25, 0.3) is 0 Å². The average Bonchev–Trinajstić information content (AvgIpc) is 2.41. The van der Waals surface area contributed by atoms with Crippen LogP contribution < -0.4 is 4.74 Å². The van der Waals surface area contributed by atoms with Crippen molar-refractivity contribution in [1.29, 1.82) is 5.26 Å². The van der Waals surface area contributed by atoms with Crippen molar-refractivity contribution in [2.45, 2.75) is 0 Å². The van der Waals surface area contributed by atoms with Crippen molar-refractivity contribution in [2.75, 3.05) is 0 Å². The molecule has 19 heavy (non-hydrogen) atoms. The summed E-state index contributed by atoms with van der Waals surface area (Å²) in [5.74, 6) is -0.987. The number of carboxylic acids is 1. The number of aromatic nitrogens is 2. The Morgan fingerprint density at radius 2 is 2.16 bits per heavy atom. The van der Waals surface area contributed by atoms with Crippen molar-refractivity contribution < 1.29 is 14.6 Å². The Kier molecular flexibility index (Phi) is 3.59. The van der Waals surface area contributed by atoms with E-state index in [0.29, 0.717) is 0 Å². The summed E-state index contributed by atoms with van der Waals surface area (Å²) in [7, 11) is 0. The number of carboxylic acid groups (broad SMARTS) is 1. The molecule has 2 aromatic rings. The normalized spacial score (nSPS) is 9.68. The van der Waals surface area contributed by atoms with Crippen LogP contribution in [0.1, 0.15) is 16.1 Å². The topological polar surface area (TPSA) is 96.1 Å². The molecule has 0 fully saturated rings. The van der Waals surface area contributed by atoms with Crippen LogP contribution in [0.4, 0.5) is 0 Å². The zero-order valence-electron chi connectivity index (χ0n) is 9.37. The number of nitrogens with zero attached hydrogens (tertiary/aromatic N) is 3. The van der Waals surface area contributed by atoms with Crippen LogP contribution >= 0.6 is 11.6 Å². The molecule has 0 bridgehead atoms. The summed E-state index contributed by atoms with van der Waals surface area (Å²) >= 11 is 5.72. The number of aromatic carboxylic acids is 1. The van der Waals surface area contributed by atoms with Crippen molar-refractivity contribution in [1.82, 2.24) is 9.97 Å². The summed E-state index contributed by atoms with van der Waals surface area (Å²) in [6.45, 7) is 0. The Balaban J connectivity index is 2.32. The van der Waals surface area contributed by atoms with Gasteiger partial charge in [0.05, 0.1) is 12.4 Å². The quantitative estimate of drug-likeness (QED) is 0.924. The first kappa shape index (κ1) is 12.8. The van der Waals surface area contributed by atoms with Gasteiger partial charge in [0.1, 0.15) is 17.4 Å². The maximum absolute atomic E-state index is 11.0. The van der Waals surface area contributed by atoms with Gasteiger partial charge in [0, 0.05) is 5.02 Å². The molecule has 0 atom stereocenters. The Labute approximate surface area is 112 Å². The summed E-state index contributed by atoms with van der Waals surface area (Å²) in [6, 6.07) is 6.01. The summed E-state index contributed by atoms with van der Waals surface area (Å²) in [5, 5.41) is 17.9. The lowest BCUT2D eigenvalue weighted by molar-refractivity contribution is 0.0694. The number of nitriles is 1. The van der Waals surface area contributed by atoms with Gasteiger partial charge < -0.3 is 9.84 Å². The number of carbonyl (C=O) groups is 1. The van der Waals surface area contributed by atoms with Gasteiger partial charge in [-0.25, -0.2) is 14.8 Å². The number of halogens is 1. The van der Waals surface area contributed by atoms with Gasteiger partial charge in [-0.1, -0.05) is 11.6 Å². The van der Waals surface area contributed by atoms with Gasteiger partial charge in [-0.15, -0.1) is 0 Å². The molecule has 0 spiro atoms. The van der Waals surface area contributed by atoms with Gasteiger partial charge >= 0.3 is 5.97 Å². The van der Waals surface area contributed by atoms with Crippen LogP contribution in [0.3, 0.4) is 0 Å². The van der Waals surface area contributed by atoms with Crippen LogP contribution in [0.15, 0.2) is 30.6 Å². The lowest BCUT2D eigenvalue weighted by Gasteiger charge is -2.07. The Morgan fingerprint density at radius 1 is 1.37 bits per heavy atom. The zero-order chi connectivity index (χ0) is 13.8. The van der Waals surface area contributed by atoms with Crippen LogP contribution in [-0.2, 0) is 0 Å². The summed E-state index contributed by atoms with van der Waals surface area (Å²) in [4.78, 5) is 18.6. The molecule has 6 nitrogen and oxygen atoms in total. The number of benzene rings is 1. The Hall–Kier alpha value is -2.65. The Bertz CT molecular complexity index is 665. The fraction of sp³-hybridized carbons (Fsp3) is 0. The zero-order valence-corrected chi connectivity index (χ0v) is 10.1. The third-order valence-corrected chi connectivity index (χ3v) is 2.36. The molecule has 0 aliphatic heterocycles. The van der Waals surface area contributed by atoms with Crippen molar-refractivity contribution in [3.8, 4) is 17.7 Å². The fourth-order valence-electron chi connectivity index (χ4n) is 1.30. The molecule has 0 unspecified atom stereocenters. The highest BCUT2D eigenvalue weighted by Crippen LogP contribution is 2.26. The minimum absolute atomic E-state index is 0.0846. The van der Waals surface area contributed by atoms with E-state index in [1.165, 1.54) is 30.6 Å². The molecule has 0 saturated carbocycles. The molecule has 0 radical (unpaired) electrons. The molecule has 2 rings (SSSR count). The minimum atomic E-state index is -1.17. The number of rotatable bonds is 3. The molecule has 94 valence electrons. The largest absolute Gasteiger partial charge is 0.478 e. The van der Waals surface area contributed by atoms with Crippen molar-refractivity contribution in [3.63, 3.8) is 0 Å². The lowest BCUT2D eigenvalue weighted by Crippen LogP contribution is -2.01. The van der Waals surface area contributed by atoms with E-state index >= 15 is 0 Å².